The summed E-state index contributed by atoms with van der Waals surface area (Å²) in [5.41, 5.74) is 3.24. The Morgan fingerprint density at radius 3 is 2.45 bits per heavy atom. The minimum atomic E-state index is -0.734. The number of nitrogens with one attached hydrogen (secondary N) is 2. The first-order valence-electron chi connectivity index (χ1n) is 11.2. The highest BCUT2D eigenvalue weighted by Crippen LogP contribution is 2.27. The highest BCUT2D eigenvalue weighted by molar-refractivity contribution is 7.13. The van der Waals surface area contributed by atoms with Crippen molar-refractivity contribution >= 4 is 23.2 Å². The number of carbonyl (C=O) groups is 2. The standard InChI is InChI=1S/C23H34N6O3S/c1-13(2)28-20(23(4,5)6)22(32)29-11-16(30)7-17(29)21(31)26-10-18-24-8-15(9-25-18)19-14(3)27-12-33-19/h8-9,12-13,16-17,20,28,30H,7,10-11H2,1-6H3,(H,26,31)/t16-,17+,20-/m1/s1. The molecule has 0 radical (unpaired) electrons. The van der Waals surface area contributed by atoms with Gasteiger partial charge < -0.3 is 20.6 Å². The van der Waals surface area contributed by atoms with E-state index in [1.54, 1.807) is 17.9 Å². The second-order valence-electron chi connectivity index (χ2n) is 9.89. The van der Waals surface area contributed by atoms with Crippen molar-refractivity contribution in [1.82, 2.24) is 30.5 Å². The maximum absolute atomic E-state index is 13.4. The zero-order valence-electron chi connectivity index (χ0n) is 20.1. The van der Waals surface area contributed by atoms with Gasteiger partial charge in [-0.05, 0) is 12.3 Å². The first-order chi connectivity index (χ1) is 15.5. The molecule has 0 aromatic carbocycles. The topological polar surface area (TPSA) is 120 Å². The third-order valence-electron chi connectivity index (χ3n) is 5.61. The van der Waals surface area contributed by atoms with Gasteiger partial charge in [-0.2, -0.15) is 0 Å². The second-order valence-corrected chi connectivity index (χ2v) is 10.7. The van der Waals surface area contributed by atoms with Gasteiger partial charge in [0, 0.05) is 37.0 Å². The van der Waals surface area contributed by atoms with Gasteiger partial charge in [-0.25, -0.2) is 15.0 Å². The molecule has 0 aliphatic carbocycles. The normalized spacial score (nSPS) is 19.7. The van der Waals surface area contributed by atoms with E-state index in [4.69, 9.17) is 0 Å². The van der Waals surface area contributed by atoms with E-state index in [1.165, 1.54) is 16.2 Å². The SMILES string of the molecule is Cc1ncsc1-c1cnc(CNC(=O)[C@@H]2C[C@@H](O)CN2C(=O)[C@@H](NC(C)C)C(C)(C)C)nc1. The van der Waals surface area contributed by atoms with Gasteiger partial charge in [0.25, 0.3) is 0 Å². The molecule has 2 aromatic heterocycles. The Morgan fingerprint density at radius 2 is 1.91 bits per heavy atom. The third-order valence-corrected chi connectivity index (χ3v) is 6.59. The fourth-order valence-corrected chi connectivity index (χ4v) is 4.70. The van der Waals surface area contributed by atoms with Gasteiger partial charge in [0.05, 0.1) is 34.8 Å². The van der Waals surface area contributed by atoms with Crippen LogP contribution in [0, 0.1) is 12.3 Å². The second kappa shape index (κ2) is 10.2. The van der Waals surface area contributed by atoms with E-state index >= 15 is 0 Å². The summed E-state index contributed by atoms with van der Waals surface area (Å²) >= 11 is 1.53. The minimum Gasteiger partial charge on any atom is -0.391 e. The number of thiazole rings is 1. The summed E-state index contributed by atoms with van der Waals surface area (Å²) in [4.78, 5) is 41.8. The lowest BCUT2D eigenvalue weighted by molar-refractivity contribution is -0.142. The lowest BCUT2D eigenvalue weighted by Gasteiger charge is -2.36. The van der Waals surface area contributed by atoms with E-state index in [0.29, 0.717) is 5.82 Å². The van der Waals surface area contributed by atoms with Crippen LogP contribution in [0.4, 0.5) is 0 Å². The van der Waals surface area contributed by atoms with Crippen LogP contribution in [0.3, 0.4) is 0 Å². The van der Waals surface area contributed by atoms with E-state index in [-0.39, 0.29) is 42.8 Å². The molecule has 0 spiro atoms. The van der Waals surface area contributed by atoms with Crippen LogP contribution in [0.1, 0.15) is 52.6 Å². The largest absolute Gasteiger partial charge is 0.391 e. The zero-order chi connectivity index (χ0) is 24.3. The lowest BCUT2D eigenvalue weighted by atomic mass is 9.85. The molecule has 3 rings (SSSR count). The summed E-state index contributed by atoms with van der Waals surface area (Å²) in [6.45, 7) is 12.1. The summed E-state index contributed by atoms with van der Waals surface area (Å²) in [5.74, 6) is -0.0174. The van der Waals surface area contributed by atoms with Gasteiger partial charge in [0.15, 0.2) is 0 Å². The van der Waals surface area contributed by atoms with Crippen molar-refractivity contribution < 1.29 is 14.7 Å². The van der Waals surface area contributed by atoms with Crippen LogP contribution in [0.25, 0.3) is 10.4 Å². The van der Waals surface area contributed by atoms with Gasteiger partial charge in [-0.15, -0.1) is 11.3 Å². The molecule has 10 heteroatoms. The van der Waals surface area contributed by atoms with E-state index in [0.717, 1.165) is 16.1 Å². The molecule has 0 unspecified atom stereocenters. The average molecular weight is 475 g/mol. The van der Waals surface area contributed by atoms with Crippen LogP contribution in [0.2, 0.25) is 0 Å². The number of carbonyl (C=O) groups excluding carboxylic acids is 2. The van der Waals surface area contributed by atoms with E-state index in [9.17, 15) is 14.7 Å². The molecule has 1 saturated heterocycles. The number of nitrogens with zero attached hydrogens (tertiary/aromatic N) is 4. The van der Waals surface area contributed by atoms with Crippen molar-refractivity contribution in [1.29, 1.82) is 0 Å². The highest BCUT2D eigenvalue weighted by Gasteiger charge is 2.43. The number of aliphatic hydroxyl groups is 1. The Balaban J connectivity index is 1.66. The number of aliphatic hydroxyl groups excluding tert-OH is 1. The lowest BCUT2D eigenvalue weighted by Crippen LogP contribution is -2.57. The first kappa shape index (κ1) is 25.2. The van der Waals surface area contributed by atoms with E-state index < -0.39 is 18.2 Å². The number of aryl methyl sites for hydroxylation is 1. The Bertz CT molecular complexity index is 969. The molecule has 1 fully saturated rings. The smallest absolute Gasteiger partial charge is 0.243 e. The molecule has 0 bridgehead atoms. The zero-order valence-corrected chi connectivity index (χ0v) is 20.9. The van der Waals surface area contributed by atoms with Crippen LogP contribution in [0.5, 0.6) is 0 Å². The molecule has 0 saturated carbocycles. The summed E-state index contributed by atoms with van der Waals surface area (Å²) in [5, 5.41) is 16.4. The monoisotopic (exact) mass is 474 g/mol. The Morgan fingerprint density at radius 1 is 1.24 bits per heavy atom. The van der Waals surface area contributed by atoms with Crippen molar-refractivity contribution in [2.75, 3.05) is 6.54 Å². The predicted molar refractivity (Wildman–Crippen MR) is 127 cm³/mol. The predicted octanol–water partition coefficient (Wildman–Crippen LogP) is 1.90. The van der Waals surface area contributed by atoms with E-state index in [1.807, 2.05) is 41.5 Å². The van der Waals surface area contributed by atoms with Gasteiger partial charge in [-0.1, -0.05) is 34.6 Å². The molecule has 1 aliphatic rings. The summed E-state index contributed by atoms with van der Waals surface area (Å²) in [6, 6.07) is -1.10. The summed E-state index contributed by atoms with van der Waals surface area (Å²) in [6.07, 6.45) is 2.91. The van der Waals surface area contributed by atoms with Gasteiger partial charge >= 0.3 is 0 Å². The molecule has 2 amide bonds. The summed E-state index contributed by atoms with van der Waals surface area (Å²) in [7, 11) is 0. The fraction of sp³-hybridized carbons (Fsp3) is 0.609. The Labute approximate surface area is 199 Å². The van der Waals surface area contributed by atoms with Gasteiger partial charge in [0.1, 0.15) is 11.9 Å². The number of rotatable bonds is 7. The number of β-amino-alcohol motifs (C(OH)–C–C–N with tert-alkyl or cyclic N) is 1. The molecule has 33 heavy (non-hydrogen) atoms. The van der Waals surface area contributed by atoms with Gasteiger partial charge in [-0.3, -0.25) is 9.59 Å². The van der Waals surface area contributed by atoms with Crippen molar-refractivity contribution in [3.8, 4) is 10.4 Å². The molecular formula is C23H34N6O3S. The Kier molecular flexibility index (Phi) is 7.81. The van der Waals surface area contributed by atoms with Crippen molar-refractivity contribution in [2.45, 2.75) is 78.7 Å². The van der Waals surface area contributed by atoms with E-state index in [2.05, 4.69) is 25.6 Å². The van der Waals surface area contributed by atoms with Crippen LogP contribution in [-0.2, 0) is 16.1 Å². The third kappa shape index (κ3) is 6.13. The molecule has 1 aliphatic heterocycles. The minimum absolute atomic E-state index is 0.104. The number of amides is 2. The fourth-order valence-electron chi connectivity index (χ4n) is 3.92. The summed E-state index contributed by atoms with van der Waals surface area (Å²) < 4.78 is 0. The van der Waals surface area contributed by atoms with Crippen LogP contribution >= 0.6 is 11.3 Å². The molecule has 9 nitrogen and oxygen atoms in total. The molecular weight excluding hydrogens is 440 g/mol. The van der Waals surface area contributed by atoms with Crippen LogP contribution in [0.15, 0.2) is 17.9 Å². The highest BCUT2D eigenvalue weighted by atomic mass is 32.1. The van der Waals surface area contributed by atoms with Crippen LogP contribution in [-0.4, -0.2) is 67.5 Å². The Hall–Kier alpha value is -2.43. The van der Waals surface area contributed by atoms with Gasteiger partial charge in [0.2, 0.25) is 11.8 Å². The number of hydrogen-bond donors (Lipinski definition) is 3. The average Bonchev–Trinajstić information content (AvgIpc) is 3.35. The van der Waals surface area contributed by atoms with Crippen molar-refractivity contribution in [3.63, 3.8) is 0 Å². The number of likely N-dealkylation sites (tertiary alicyclic amines) is 1. The van der Waals surface area contributed by atoms with Crippen molar-refractivity contribution in [2.24, 2.45) is 5.41 Å². The quantitative estimate of drug-likeness (QED) is 0.560. The maximum Gasteiger partial charge on any atom is 0.243 e. The molecule has 3 atom stereocenters. The molecule has 3 N–H and O–H groups in total. The molecule has 180 valence electrons. The maximum atomic E-state index is 13.4. The number of hydrogen-bond acceptors (Lipinski definition) is 8. The van der Waals surface area contributed by atoms with Crippen molar-refractivity contribution in [3.05, 3.63) is 29.4 Å². The first-order valence-corrected chi connectivity index (χ1v) is 12.1. The molecule has 3 heterocycles. The van der Waals surface area contributed by atoms with Crippen LogP contribution < -0.4 is 10.6 Å². The number of aromatic nitrogens is 3. The molecule has 2 aromatic rings.